The van der Waals surface area contributed by atoms with E-state index in [2.05, 4.69) is 22.2 Å². The number of aromatic nitrogens is 2. The maximum atomic E-state index is 12.7. The molecule has 0 saturated heterocycles. The third kappa shape index (κ3) is 3.32. The lowest BCUT2D eigenvalue weighted by atomic mass is 9.89. The Morgan fingerprint density at radius 2 is 2.26 bits per heavy atom. The number of hydrogen-bond donors (Lipinski definition) is 2. The van der Waals surface area contributed by atoms with Crippen molar-refractivity contribution >= 4 is 32.9 Å². The molecule has 0 fully saturated rings. The second-order valence-corrected chi connectivity index (χ2v) is 8.24. The van der Waals surface area contributed by atoms with Crippen molar-refractivity contribution in [2.24, 2.45) is 5.92 Å². The number of H-pyrrole nitrogens is 1. The van der Waals surface area contributed by atoms with Gasteiger partial charge in [-0.05, 0) is 43.7 Å². The van der Waals surface area contributed by atoms with Crippen molar-refractivity contribution in [1.29, 1.82) is 0 Å². The van der Waals surface area contributed by atoms with Gasteiger partial charge in [0.2, 0.25) is 0 Å². The van der Waals surface area contributed by atoms with Gasteiger partial charge in [0.1, 0.15) is 10.7 Å². The molecule has 2 heterocycles. The number of fused-ring (bicyclic) bond motifs is 3. The van der Waals surface area contributed by atoms with E-state index in [4.69, 9.17) is 0 Å². The molecule has 7 nitrogen and oxygen atoms in total. The van der Waals surface area contributed by atoms with Gasteiger partial charge < -0.3 is 10.3 Å². The Morgan fingerprint density at radius 3 is 3.04 bits per heavy atom. The van der Waals surface area contributed by atoms with Crippen LogP contribution < -0.4 is 10.9 Å². The summed E-state index contributed by atoms with van der Waals surface area (Å²) in [7, 11) is 0. The van der Waals surface area contributed by atoms with Crippen LogP contribution in [0, 0.1) is 16.0 Å². The summed E-state index contributed by atoms with van der Waals surface area (Å²) in [4.78, 5) is 32.9. The van der Waals surface area contributed by atoms with E-state index in [0.29, 0.717) is 17.4 Å². The molecule has 0 spiro atoms. The van der Waals surface area contributed by atoms with Crippen LogP contribution in [0.2, 0.25) is 0 Å². The largest absolute Gasteiger partial charge is 0.375 e. The first-order chi connectivity index (χ1) is 12.9. The van der Waals surface area contributed by atoms with E-state index >= 15 is 0 Å². The molecule has 8 heteroatoms. The number of aromatic amines is 1. The smallest absolute Gasteiger partial charge is 0.271 e. The third-order valence-corrected chi connectivity index (χ3v) is 6.18. The number of thiophene rings is 1. The summed E-state index contributed by atoms with van der Waals surface area (Å²) in [5.41, 5.74) is 1.69. The highest BCUT2D eigenvalue weighted by atomic mass is 32.1. The van der Waals surface area contributed by atoms with E-state index in [1.165, 1.54) is 17.0 Å². The quantitative estimate of drug-likeness (QED) is 0.519. The molecule has 1 aliphatic rings. The Hall–Kier alpha value is -2.74. The van der Waals surface area contributed by atoms with Crippen molar-refractivity contribution < 1.29 is 4.92 Å². The van der Waals surface area contributed by atoms with Gasteiger partial charge in [-0.3, -0.25) is 14.9 Å². The highest BCUT2D eigenvalue weighted by Crippen LogP contribution is 2.36. The van der Waals surface area contributed by atoms with Crippen LogP contribution in [0.25, 0.3) is 10.2 Å². The zero-order valence-electron chi connectivity index (χ0n) is 15.1. The molecule has 3 aromatic rings. The first-order valence-electron chi connectivity index (χ1n) is 8.98. The molecule has 1 aromatic carbocycles. The van der Waals surface area contributed by atoms with Crippen molar-refractivity contribution in [3.05, 3.63) is 61.0 Å². The van der Waals surface area contributed by atoms with Crippen molar-refractivity contribution in [2.75, 3.05) is 5.32 Å². The topological polar surface area (TPSA) is 101 Å². The standard InChI is InChI=1S/C19H20N4O3S/c1-10-6-7-14-15(8-10)27-19-16(14)18(24)21-17(22-19)11(2)20-12-4-3-5-13(9-12)23(25)26/h3-5,9-11,20H,6-8H2,1-2H3,(H,21,22,24)/t10-,11+/m0/s1. The van der Waals surface area contributed by atoms with Gasteiger partial charge in [0, 0.05) is 22.7 Å². The second kappa shape index (κ2) is 6.77. The Balaban J connectivity index is 1.67. The van der Waals surface area contributed by atoms with Gasteiger partial charge in [-0.2, -0.15) is 0 Å². The maximum Gasteiger partial charge on any atom is 0.271 e. The van der Waals surface area contributed by atoms with Crippen LogP contribution in [0.5, 0.6) is 0 Å². The van der Waals surface area contributed by atoms with E-state index in [1.807, 2.05) is 6.92 Å². The molecule has 0 bridgehead atoms. The highest BCUT2D eigenvalue weighted by Gasteiger charge is 2.23. The summed E-state index contributed by atoms with van der Waals surface area (Å²) in [5, 5.41) is 14.9. The monoisotopic (exact) mass is 384 g/mol. The molecular formula is C19H20N4O3S. The number of non-ortho nitro benzene ring substituents is 1. The van der Waals surface area contributed by atoms with E-state index in [9.17, 15) is 14.9 Å². The number of nitrogens with zero attached hydrogens (tertiary/aromatic N) is 2. The number of hydrogen-bond acceptors (Lipinski definition) is 6. The number of nitro groups is 1. The number of anilines is 1. The minimum atomic E-state index is -0.431. The fourth-order valence-electron chi connectivity index (χ4n) is 3.60. The molecule has 1 aliphatic carbocycles. The van der Waals surface area contributed by atoms with Crippen LogP contribution in [-0.4, -0.2) is 14.9 Å². The van der Waals surface area contributed by atoms with Crippen LogP contribution in [0.4, 0.5) is 11.4 Å². The zero-order valence-corrected chi connectivity index (χ0v) is 15.9. The van der Waals surface area contributed by atoms with E-state index in [0.717, 1.165) is 35.0 Å². The molecule has 0 radical (unpaired) electrons. The van der Waals surface area contributed by atoms with Crippen LogP contribution in [0.1, 0.15) is 42.6 Å². The minimum absolute atomic E-state index is 0.0177. The molecule has 140 valence electrons. The predicted molar refractivity (Wildman–Crippen MR) is 107 cm³/mol. The lowest BCUT2D eigenvalue weighted by Crippen LogP contribution is -2.18. The Kier molecular flexibility index (Phi) is 4.43. The summed E-state index contributed by atoms with van der Waals surface area (Å²) in [6, 6.07) is 6.01. The molecule has 0 aliphatic heterocycles. The number of aryl methyl sites for hydroxylation is 1. The van der Waals surface area contributed by atoms with Gasteiger partial charge in [0.25, 0.3) is 11.2 Å². The molecule has 2 N–H and O–H groups in total. The summed E-state index contributed by atoms with van der Waals surface area (Å²) in [6.07, 6.45) is 3.04. The van der Waals surface area contributed by atoms with Gasteiger partial charge in [0.05, 0.1) is 16.4 Å². The van der Waals surface area contributed by atoms with Gasteiger partial charge in [-0.25, -0.2) is 4.98 Å². The lowest BCUT2D eigenvalue weighted by Gasteiger charge is -2.17. The zero-order chi connectivity index (χ0) is 19.1. The van der Waals surface area contributed by atoms with Crippen molar-refractivity contribution in [2.45, 2.75) is 39.2 Å². The number of rotatable bonds is 4. The normalized spacial score (nSPS) is 17.5. The molecule has 27 heavy (non-hydrogen) atoms. The molecule has 4 rings (SSSR count). The van der Waals surface area contributed by atoms with Gasteiger partial charge >= 0.3 is 0 Å². The van der Waals surface area contributed by atoms with Crippen LogP contribution in [-0.2, 0) is 12.8 Å². The Morgan fingerprint density at radius 1 is 1.44 bits per heavy atom. The third-order valence-electron chi connectivity index (χ3n) is 5.03. The Bertz CT molecular complexity index is 1090. The van der Waals surface area contributed by atoms with Crippen molar-refractivity contribution in [1.82, 2.24) is 9.97 Å². The number of nitro benzene ring substituents is 1. The fourth-order valence-corrected chi connectivity index (χ4v) is 4.99. The number of nitrogens with one attached hydrogen (secondary N) is 2. The lowest BCUT2D eigenvalue weighted by molar-refractivity contribution is -0.384. The first kappa shape index (κ1) is 17.7. The van der Waals surface area contributed by atoms with Crippen LogP contribution in [0.3, 0.4) is 0 Å². The minimum Gasteiger partial charge on any atom is -0.375 e. The summed E-state index contributed by atoms with van der Waals surface area (Å²) < 4.78 is 0. The average Bonchev–Trinajstić information content (AvgIpc) is 2.99. The average molecular weight is 384 g/mol. The van der Waals surface area contributed by atoms with Crippen LogP contribution >= 0.6 is 11.3 Å². The summed E-state index contributed by atoms with van der Waals surface area (Å²) >= 11 is 1.61. The SMILES string of the molecule is C[C@H]1CCc2c(sc3nc([C@@H](C)Nc4cccc([N+](=O)[O-])c4)[nH]c(=O)c23)C1. The predicted octanol–water partition coefficient (Wildman–Crippen LogP) is 4.19. The van der Waals surface area contributed by atoms with Crippen LogP contribution in [0.15, 0.2) is 29.1 Å². The molecule has 0 saturated carbocycles. The van der Waals surface area contributed by atoms with Crippen molar-refractivity contribution in [3.63, 3.8) is 0 Å². The van der Waals surface area contributed by atoms with E-state index < -0.39 is 4.92 Å². The summed E-state index contributed by atoms with van der Waals surface area (Å²) in [6.45, 7) is 4.11. The Labute approximate surface area is 159 Å². The molecular weight excluding hydrogens is 364 g/mol. The molecule has 0 amide bonds. The fraction of sp³-hybridized carbons (Fsp3) is 0.368. The van der Waals surface area contributed by atoms with Gasteiger partial charge in [0.15, 0.2) is 0 Å². The highest BCUT2D eigenvalue weighted by molar-refractivity contribution is 7.18. The molecule has 2 atom stereocenters. The maximum absolute atomic E-state index is 12.7. The molecule has 2 aromatic heterocycles. The second-order valence-electron chi connectivity index (χ2n) is 7.16. The van der Waals surface area contributed by atoms with Gasteiger partial charge in [-0.1, -0.05) is 13.0 Å². The molecule has 0 unspecified atom stereocenters. The summed E-state index contributed by atoms with van der Waals surface area (Å²) in [5.74, 6) is 1.17. The first-order valence-corrected chi connectivity index (χ1v) is 9.79. The van der Waals surface area contributed by atoms with Gasteiger partial charge in [-0.15, -0.1) is 11.3 Å². The number of benzene rings is 1. The van der Waals surface area contributed by atoms with Crippen molar-refractivity contribution in [3.8, 4) is 0 Å². The van der Waals surface area contributed by atoms with E-state index in [-0.39, 0.29) is 17.3 Å². The van der Waals surface area contributed by atoms with E-state index in [1.54, 1.807) is 23.5 Å².